The van der Waals surface area contributed by atoms with Gasteiger partial charge in [-0.05, 0) is 36.4 Å². The monoisotopic (exact) mass is 501 g/mol. The summed E-state index contributed by atoms with van der Waals surface area (Å²) in [5.41, 5.74) is 8.26. The zero-order chi connectivity index (χ0) is 25.0. The molecule has 2 heterocycles. The number of anilines is 2. The van der Waals surface area contributed by atoms with Crippen LogP contribution < -0.4 is 10.3 Å². The minimum Gasteiger partial charge on any atom is -0.330 e. The molecule has 1 aliphatic rings. The third kappa shape index (κ3) is 4.77. The van der Waals surface area contributed by atoms with E-state index < -0.39 is 0 Å². The third-order valence-electron chi connectivity index (χ3n) is 6.04. The van der Waals surface area contributed by atoms with Crippen molar-refractivity contribution < 1.29 is 4.79 Å². The van der Waals surface area contributed by atoms with E-state index in [9.17, 15) is 4.79 Å². The van der Waals surface area contributed by atoms with Gasteiger partial charge in [0.2, 0.25) is 0 Å². The van der Waals surface area contributed by atoms with E-state index in [2.05, 4.69) is 22.7 Å². The van der Waals surface area contributed by atoms with Gasteiger partial charge in [0.15, 0.2) is 0 Å². The molecule has 0 bridgehead atoms. The fraction of sp³-hybridized carbons (Fsp3) is 0.0333. The summed E-state index contributed by atoms with van der Waals surface area (Å²) in [6.07, 6.45) is 3.57. The van der Waals surface area contributed by atoms with Crippen LogP contribution in [0.5, 0.6) is 0 Å². The van der Waals surface area contributed by atoms with Crippen LogP contribution in [0.25, 0.3) is 16.9 Å². The van der Waals surface area contributed by atoms with Crippen LogP contribution in [0.15, 0.2) is 130 Å². The first-order valence-electron chi connectivity index (χ1n) is 11.9. The largest absolute Gasteiger partial charge is 0.330 e. The molecule has 1 aliphatic heterocycles. The second-order valence-corrected chi connectivity index (χ2v) is 9.58. The highest BCUT2D eigenvalue weighted by Crippen LogP contribution is 2.47. The number of carbonyl (C=O) groups excluding carboxylic acids is 1. The number of para-hydroxylation sites is 3. The van der Waals surface area contributed by atoms with Crippen molar-refractivity contribution in [1.29, 1.82) is 0 Å². The van der Waals surface area contributed by atoms with Crippen LogP contribution in [0, 0.1) is 0 Å². The van der Waals surface area contributed by atoms with Crippen molar-refractivity contribution in [3.05, 3.63) is 121 Å². The first-order valence-corrected chi connectivity index (χ1v) is 12.7. The van der Waals surface area contributed by atoms with E-state index in [1.54, 1.807) is 18.0 Å². The minimum absolute atomic E-state index is 0.154. The summed E-state index contributed by atoms with van der Waals surface area (Å²) in [6, 6.07) is 36.1. The highest BCUT2D eigenvalue weighted by Gasteiger charge is 2.24. The third-order valence-corrected chi connectivity index (χ3v) is 7.17. The topological polar surface area (TPSA) is 62.5 Å². The van der Waals surface area contributed by atoms with Crippen molar-refractivity contribution in [2.24, 2.45) is 5.10 Å². The highest BCUT2D eigenvalue weighted by molar-refractivity contribution is 7.99. The van der Waals surface area contributed by atoms with E-state index in [1.165, 1.54) is 0 Å². The Morgan fingerprint density at radius 3 is 2.08 bits per heavy atom. The molecule has 6 nitrogen and oxygen atoms in total. The minimum atomic E-state index is -0.204. The van der Waals surface area contributed by atoms with Crippen LogP contribution in [-0.4, -0.2) is 28.4 Å². The number of hydrazone groups is 1. The molecule has 5 aromatic rings. The van der Waals surface area contributed by atoms with Crippen molar-refractivity contribution in [3.8, 4) is 16.9 Å². The number of nitrogens with one attached hydrogen (secondary N) is 1. The van der Waals surface area contributed by atoms with Gasteiger partial charge < -0.3 is 4.90 Å². The number of rotatable bonds is 6. The molecule has 37 heavy (non-hydrogen) atoms. The van der Waals surface area contributed by atoms with Gasteiger partial charge in [0.1, 0.15) is 12.2 Å². The van der Waals surface area contributed by atoms with E-state index in [0.717, 1.165) is 43.7 Å². The van der Waals surface area contributed by atoms with Gasteiger partial charge in [-0.1, -0.05) is 84.6 Å². The molecule has 0 spiro atoms. The van der Waals surface area contributed by atoms with E-state index in [-0.39, 0.29) is 12.5 Å². The van der Waals surface area contributed by atoms with Gasteiger partial charge in [0.05, 0.1) is 23.3 Å². The summed E-state index contributed by atoms with van der Waals surface area (Å²) < 4.78 is 1.82. The molecule has 6 rings (SSSR count). The van der Waals surface area contributed by atoms with Gasteiger partial charge in [0, 0.05) is 27.1 Å². The Labute approximate surface area is 219 Å². The molecule has 1 aromatic heterocycles. The second kappa shape index (κ2) is 10.2. The zero-order valence-corrected chi connectivity index (χ0v) is 20.7. The smallest absolute Gasteiger partial charge is 0.260 e. The van der Waals surface area contributed by atoms with Crippen LogP contribution in [0.3, 0.4) is 0 Å². The van der Waals surface area contributed by atoms with Crippen molar-refractivity contribution >= 4 is 35.3 Å². The predicted molar refractivity (Wildman–Crippen MR) is 149 cm³/mol. The highest BCUT2D eigenvalue weighted by atomic mass is 32.2. The lowest BCUT2D eigenvalue weighted by Gasteiger charge is -2.31. The van der Waals surface area contributed by atoms with Gasteiger partial charge in [-0.25, -0.2) is 10.1 Å². The number of hydrogen-bond acceptors (Lipinski definition) is 5. The number of fused-ring (bicyclic) bond motifs is 2. The van der Waals surface area contributed by atoms with Crippen molar-refractivity contribution in [1.82, 2.24) is 15.2 Å². The molecule has 0 saturated heterocycles. The Hall–Kier alpha value is -4.62. The molecule has 180 valence electrons. The zero-order valence-electron chi connectivity index (χ0n) is 19.9. The molecular formula is C30H23N5OS. The number of aromatic nitrogens is 2. The van der Waals surface area contributed by atoms with Crippen molar-refractivity contribution in [2.75, 3.05) is 11.4 Å². The number of benzene rings is 4. The van der Waals surface area contributed by atoms with E-state index in [1.807, 2.05) is 113 Å². The van der Waals surface area contributed by atoms with Crippen molar-refractivity contribution in [2.45, 2.75) is 9.79 Å². The molecule has 1 N–H and O–H groups in total. The van der Waals surface area contributed by atoms with Gasteiger partial charge in [-0.2, -0.15) is 10.2 Å². The van der Waals surface area contributed by atoms with E-state index >= 15 is 0 Å². The van der Waals surface area contributed by atoms with Crippen LogP contribution in [0.1, 0.15) is 5.56 Å². The maximum Gasteiger partial charge on any atom is 0.260 e. The SMILES string of the molecule is O=C(CN1c2ccccc2Sc2ccccc21)N/N=C/c1cn(-c2ccccc2)nc1-c1ccccc1. The standard InChI is InChI=1S/C30H23N5OS/c36-29(21-34-25-15-7-9-17-27(25)37-28-18-10-8-16-26(28)34)32-31-19-23-20-35(24-13-5-2-6-14-24)33-30(23)22-11-3-1-4-12-22/h1-20H,21H2,(H,32,36)/b31-19+. The molecule has 4 aromatic carbocycles. The van der Waals surface area contributed by atoms with Crippen LogP contribution in [0.4, 0.5) is 11.4 Å². The van der Waals surface area contributed by atoms with Crippen LogP contribution in [0.2, 0.25) is 0 Å². The summed E-state index contributed by atoms with van der Waals surface area (Å²) in [7, 11) is 0. The second-order valence-electron chi connectivity index (χ2n) is 8.50. The summed E-state index contributed by atoms with van der Waals surface area (Å²) in [5.74, 6) is -0.204. The number of nitrogens with zero attached hydrogens (tertiary/aromatic N) is 4. The van der Waals surface area contributed by atoms with Gasteiger partial charge in [-0.15, -0.1) is 0 Å². The Balaban J connectivity index is 1.24. The maximum absolute atomic E-state index is 13.0. The summed E-state index contributed by atoms with van der Waals surface area (Å²) in [4.78, 5) is 17.3. The Kier molecular flexibility index (Phi) is 6.27. The number of carbonyl (C=O) groups is 1. The number of hydrogen-bond donors (Lipinski definition) is 1. The van der Waals surface area contributed by atoms with Crippen LogP contribution in [-0.2, 0) is 4.79 Å². The molecule has 0 fully saturated rings. The van der Waals surface area contributed by atoms with E-state index in [4.69, 9.17) is 5.10 Å². The molecule has 0 unspecified atom stereocenters. The lowest BCUT2D eigenvalue weighted by molar-refractivity contribution is -0.119. The fourth-order valence-corrected chi connectivity index (χ4v) is 5.42. The van der Waals surface area contributed by atoms with Gasteiger partial charge >= 0.3 is 0 Å². The molecule has 0 aliphatic carbocycles. The van der Waals surface area contributed by atoms with Crippen molar-refractivity contribution in [3.63, 3.8) is 0 Å². The molecule has 0 radical (unpaired) electrons. The Morgan fingerprint density at radius 1 is 0.811 bits per heavy atom. The summed E-state index contributed by atoms with van der Waals surface area (Å²) >= 11 is 1.72. The van der Waals surface area contributed by atoms with Crippen LogP contribution >= 0.6 is 11.8 Å². The maximum atomic E-state index is 13.0. The molecule has 7 heteroatoms. The lowest BCUT2D eigenvalue weighted by atomic mass is 10.1. The van der Waals surface area contributed by atoms with Gasteiger partial charge in [0.25, 0.3) is 5.91 Å². The van der Waals surface area contributed by atoms with Gasteiger partial charge in [-0.3, -0.25) is 4.79 Å². The first-order chi connectivity index (χ1) is 18.3. The summed E-state index contributed by atoms with van der Waals surface area (Å²) in [6.45, 7) is 0.154. The number of amides is 1. The normalized spacial score (nSPS) is 12.3. The molecule has 1 amide bonds. The average molecular weight is 502 g/mol. The molecule has 0 saturated carbocycles. The fourth-order valence-electron chi connectivity index (χ4n) is 4.32. The molecule has 0 atom stereocenters. The van der Waals surface area contributed by atoms with E-state index in [0.29, 0.717) is 0 Å². The predicted octanol–water partition coefficient (Wildman–Crippen LogP) is 6.29. The quantitative estimate of drug-likeness (QED) is 0.219. The first kappa shape index (κ1) is 22.8. The molecular weight excluding hydrogens is 478 g/mol. The lowest BCUT2D eigenvalue weighted by Crippen LogP contribution is -2.33. The Morgan fingerprint density at radius 2 is 1.41 bits per heavy atom. The Bertz CT molecular complexity index is 1530. The average Bonchev–Trinajstić information content (AvgIpc) is 3.38. The summed E-state index contributed by atoms with van der Waals surface area (Å²) in [5, 5.41) is 9.10.